The highest BCUT2D eigenvalue weighted by Gasteiger charge is 2.38. The van der Waals surface area contributed by atoms with Gasteiger partial charge in [-0.25, -0.2) is 0 Å². The molecule has 0 aliphatic carbocycles. The zero-order valence-corrected chi connectivity index (χ0v) is 14.1. The van der Waals surface area contributed by atoms with Crippen LogP contribution in [0, 0.1) is 0 Å². The van der Waals surface area contributed by atoms with Crippen LogP contribution in [0.4, 0.5) is 0 Å². The van der Waals surface area contributed by atoms with Crippen molar-refractivity contribution in [2.24, 2.45) is 22.9 Å². The van der Waals surface area contributed by atoms with Crippen LogP contribution in [-0.4, -0.2) is 57.0 Å². The number of hydrogen-bond donors (Lipinski definition) is 4. The minimum absolute atomic E-state index is 0.244. The minimum atomic E-state index is -2.45. The molecule has 0 rings (SSSR count). The molecule has 130 valence electrons. The van der Waals surface area contributed by atoms with E-state index in [4.69, 9.17) is 40.2 Å². The number of hydrogen-bond acceptors (Lipinski definition) is 8. The second-order valence-electron chi connectivity index (χ2n) is 4.62. The van der Waals surface area contributed by atoms with Gasteiger partial charge in [-0.05, 0) is 20.8 Å². The second-order valence-corrected chi connectivity index (χ2v) is 6.89. The van der Waals surface area contributed by atoms with Gasteiger partial charge in [-0.3, -0.25) is 12.5 Å². The Balaban J connectivity index is 5.15. The van der Waals surface area contributed by atoms with E-state index >= 15 is 0 Å². The average Bonchev–Trinajstić information content (AvgIpc) is 2.49. The van der Waals surface area contributed by atoms with Crippen molar-refractivity contribution in [2.45, 2.75) is 38.4 Å². The molecule has 21 heavy (non-hydrogen) atoms. The van der Waals surface area contributed by atoms with E-state index in [-0.39, 0.29) is 12.2 Å². The summed E-state index contributed by atoms with van der Waals surface area (Å²) in [5.41, 5.74) is 21.8. The number of nitrogens with two attached hydrogens (primary N) is 4. The monoisotopic (exact) mass is 328 g/mol. The molecule has 0 fully saturated rings. The standard InChI is InChI=1S/C12H32N4O4S/c1-10(8-15)19-21(18-7-5-14,20-11(2)9-16)12(3)17-6-4-13/h10-12H,4-9,13-16H2,1-3H3. The molecule has 0 radical (unpaired) electrons. The third kappa shape index (κ3) is 7.73. The molecule has 3 unspecified atom stereocenters. The molecule has 0 bridgehead atoms. The van der Waals surface area contributed by atoms with Crippen LogP contribution in [0.2, 0.25) is 0 Å². The highest BCUT2D eigenvalue weighted by atomic mass is 32.3. The van der Waals surface area contributed by atoms with E-state index in [1.54, 1.807) is 0 Å². The van der Waals surface area contributed by atoms with E-state index in [9.17, 15) is 0 Å². The summed E-state index contributed by atoms with van der Waals surface area (Å²) in [7, 11) is -2.45. The van der Waals surface area contributed by atoms with E-state index in [0.717, 1.165) is 0 Å². The van der Waals surface area contributed by atoms with Crippen LogP contribution in [-0.2, 0) is 17.3 Å². The van der Waals surface area contributed by atoms with E-state index < -0.39 is 16.3 Å². The Labute approximate surface area is 129 Å². The van der Waals surface area contributed by atoms with Gasteiger partial charge in [-0.15, -0.1) is 0 Å². The second kappa shape index (κ2) is 11.6. The van der Waals surface area contributed by atoms with E-state index in [0.29, 0.717) is 39.4 Å². The first-order valence-corrected chi connectivity index (χ1v) is 8.67. The molecule has 0 saturated carbocycles. The van der Waals surface area contributed by atoms with E-state index in [1.165, 1.54) is 0 Å². The van der Waals surface area contributed by atoms with Crippen molar-refractivity contribution >= 4 is 10.9 Å². The molecule has 0 aliphatic heterocycles. The van der Waals surface area contributed by atoms with E-state index in [2.05, 4.69) is 0 Å². The molecule has 0 heterocycles. The van der Waals surface area contributed by atoms with Gasteiger partial charge in [0.05, 0.1) is 25.4 Å². The van der Waals surface area contributed by atoms with Gasteiger partial charge in [0, 0.05) is 26.2 Å². The number of ether oxygens (including phenoxy) is 1. The Bertz CT molecular complexity index is 251. The quantitative estimate of drug-likeness (QED) is 0.356. The average molecular weight is 328 g/mol. The van der Waals surface area contributed by atoms with Crippen LogP contribution >= 0.6 is 10.9 Å². The highest BCUT2D eigenvalue weighted by Crippen LogP contribution is 2.57. The summed E-state index contributed by atoms with van der Waals surface area (Å²) < 4.78 is 23.4. The molecular weight excluding hydrogens is 296 g/mol. The fourth-order valence-corrected chi connectivity index (χ4v) is 3.67. The lowest BCUT2D eigenvalue weighted by Crippen LogP contribution is -2.36. The Kier molecular flexibility index (Phi) is 11.6. The fourth-order valence-electron chi connectivity index (χ4n) is 1.35. The zero-order chi connectivity index (χ0) is 16.3. The SMILES string of the molecule is CC(CN)OS(OCCN)(OC(C)CN)C(C)OCCN. The van der Waals surface area contributed by atoms with Gasteiger partial charge in [-0.2, -0.15) is 0 Å². The summed E-state index contributed by atoms with van der Waals surface area (Å²) in [5, 5.41) is 0. The van der Waals surface area contributed by atoms with Gasteiger partial charge < -0.3 is 27.7 Å². The Hall–Kier alpha value is 0.0300. The maximum Gasteiger partial charge on any atom is 0.152 e. The Morgan fingerprint density at radius 3 is 1.67 bits per heavy atom. The molecule has 8 nitrogen and oxygen atoms in total. The van der Waals surface area contributed by atoms with Crippen molar-refractivity contribution in [1.82, 2.24) is 0 Å². The van der Waals surface area contributed by atoms with Crippen molar-refractivity contribution in [3.05, 3.63) is 0 Å². The molecule has 0 aromatic carbocycles. The van der Waals surface area contributed by atoms with Crippen LogP contribution in [0.5, 0.6) is 0 Å². The van der Waals surface area contributed by atoms with Crippen LogP contribution in [0.15, 0.2) is 0 Å². The van der Waals surface area contributed by atoms with Gasteiger partial charge in [0.2, 0.25) is 0 Å². The van der Waals surface area contributed by atoms with Gasteiger partial charge in [0.15, 0.2) is 5.44 Å². The molecule has 0 amide bonds. The molecule has 8 N–H and O–H groups in total. The summed E-state index contributed by atoms with van der Waals surface area (Å²) in [6, 6.07) is 0. The van der Waals surface area contributed by atoms with Crippen molar-refractivity contribution in [3.8, 4) is 0 Å². The maximum absolute atomic E-state index is 5.96. The van der Waals surface area contributed by atoms with Crippen LogP contribution in [0.1, 0.15) is 20.8 Å². The highest BCUT2D eigenvalue weighted by molar-refractivity contribution is 8.22. The summed E-state index contributed by atoms with van der Waals surface area (Å²) in [4.78, 5) is 0. The van der Waals surface area contributed by atoms with Crippen molar-refractivity contribution < 1.29 is 17.3 Å². The lowest BCUT2D eigenvalue weighted by atomic mass is 10.4. The Morgan fingerprint density at radius 2 is 1.29 bits per heavy atom. The van der Waals surface area contributed by atoms with Gasteiger partial charge in [0.25, 0.3) is 0 Å². The lowest BCUT2D eigenvalue weighted by molar-refractivity contribution is 0.0525. The normalized spacial score (nSPS) is 20.5. The molecule has 0 aromatic heterocycles. The largest absolute Gasteiger partial charge is 0.361 e. The van der Waals surface area contributed by atoms with Gasteiger partial charge >= 0.3 is 0 Å². The smallest absolute Gasteiger partial charge is 0.152 e. The molecule has 0 aliphatic rings. The Morgan fingerprint density at radius 1 is 0.810 bits per heavy atom. The lowest BCUT2D eigenvalue weighted by Gasteiger charge is -2.44. The van der Waals surface area contributed by atoms with Crippen molar-refractivity contribution in [3.63, 3.8) is 0 Å². The van der Waals surface area contributed by atoms with Crippen LogP contribution in [0.25, 0.3) is 0 Å². The topological polar surface area (TPSA) is 141 Å². The number of rotatable bonds is 13. The maximum atomic E-state index is 5.96. The predicted molar refractivity (Wildman–Crippen MR) is 86.3 cm³/mol. The first-order chi connectivity index (χ1) is 9.95. The van der Waals surface area contributed by atoms with Gasteiger partial charge in [0.1, 0.15) is 10.9 Å². The molecule has 0 saturated heterocycles. The first-order valence-electron chi connectivity index (χ1n) is 7.20. The summed E-state index contributed by atoms with van der Waals surface area (Å²) >= 11 is 0. The zero-order valence-electron chi connectivity index (χ0n) is 13.3. The summed E-state index contributed by atoms with van der Waals surface area (Å²) in [6.07, 6.45) is -0.488. The molecule has 0 spiro atoms. The summed E-state index contributed by atoms with van der Waals surface area (Å²) in [5.74, 6) is 0. The molecule has 0 aromatic rings. The summed E-state index contributed by atoms with van der Waals surface area (Å²) in [6.45, 7) is 7.61. The van der Waals surface area contributed by atoms with Crippen molar-refractivity contribution in [2.75, 3.05) is 39.4 Å². The minimum Gasteiger partial charge on any atom is -0.361 e. The first kappa shape index (κ1) is 21.0. The third-order valence-electron chi connectivity index (χ3n) is 2.50. The van der Waals surface area contributed by atoms with Gasteiger partial charge in [-0.1, -0.05) is 0 Å². The third-order valence-corrected chi connectivity index (χ3v) is 5.14. The van der Waals surface area contributed by atoms with Crippen LogP contribution in [0.3, 0.4) is 0 Å². The van der Waals surface area contributed by atoms with Crippen LogP contribution < -0.4 is 22.9 Å². The van der Waals surface area contributed by atoms with Crippen molar-refractivity contribution in [1.29, 1.82) is 0 Å². The van der Waals surface area contributed by atoms with E-state index in [1.807, 2.05) is 20.8 Å². The molecule has 3 atom stereocenters. The molecule has 9 heteroatoms. The fraction of sp³-hybridized carbons (Fsp3) is 1.00. The predicted octanol–water partition coefficient (Wildman–Crippen LogP) is -0.440. The molecular formula is C12H32N4O4S.